The van der Waals surface area contributed by atoms with E-state index >= 15 is 0 Å². The lowest BCUT2D eigenvalue weighted by atomic mass is 9.84. The van der Waals surface area contributed by atoms with Gasteiger partial charge in [-0.3, -0.25) is 10.1 Å². The zero-order chi connectivity index (χ0) is 20.0. The first-order chi connectivity index (χ1) is 13.5. The first-order valence-corrected chi connectivity index (χ1v) is 9.61. The number of nitrogens with one attached hydrogen (secondary N) is 2. The Morgan fingerprint density at radius 1 is 1.11 bits per heavy atom. The number of carbonyl (C=O) groups is 2. The monoisotopic (exact) mass is 381 g/mol. The van der Waals surface area contributed by atoms with Gasteiger partial charge in [-0.2, -0.15) is 0 Å². The third-order valence-corrected chi connectivity index (χ3v) is 5.16. The maximum atomic E-state index is 12.6. The third kappa shape index (κ3) is 4.85. The molecule has 0 bridgehead atoms. The van der Waals surface area contributed by atoms with Crippen LogP contribution in [0.2, 0.25) is 0 Å². The Hall–Kier alpha value is -2.96. The molecule has 3 amide bonds. The summed E-state index contributed by atoms with van der Waals surface area (Å²) in [7, 11) is 3.52. The van der Waals surface area contributed by atoms with Gasteiger partial charge in [-0.1, -0.05) is 43.2 Å². The van der Waals surface area contributed by atoms with Gasteiger partial charge in [-0.25, -0.2) is 14.8 Å². The molecule has 0 atom stereocenters. The standard InChI is InChI=1S/C21H27N5O2/c1-26(2)19(27)21(11-6-7-12-21)15-23-20(28)25-17-10-13-22-18(24-17)14-16-8-4-3-5-9-16/h3-5,8-10,13H,6-7,11-12,14-15H2,1-2H3,(H2,22,23,24,25,28). The van der Waals surface area contributed by atoms with Gasteiger partial charge in [0, 0.05) is 33.3 Å². The summed E-state index contributed by atoms with van der Waals surface area (Å²) in [4.78, 5) is 35.3. The van der Waals surface area contributed by atoms with Gasteiger partial charge in [0.25, 0.3) is 0 Å². The van der Waals surface area contributed by atoms with Gasteiger partial charge in [-0.05, 0) is 24.5 Å². The molecule has 148 valence electrons. The molecular formula is C21H27N5O2. The van der Waals surface area contributed by atoms with E-state index in [1.54, 1.807) is 31.3 Å². The van der Waals surface area contributed by atoms with Crippen molar-refractivity contribution in [3.8, 4) is 0 Å². The zero-order valence-corrected chi connectivity index (χ0v) is 16.4. The number of benzene rings is 1. The summed E-state index contributed by atoms with van der Waals surface area (Å²) in [6.07, 6.45) is 5.86. The van der Waals surface area contributed by atoms with Crippen molar-refractivity contribution in [2.45, 2.75) is 32.1 Å². The summed E-state index contributed by atoms with van der Waals surface area (Å²) in [5, 5.41) is 5.61. The molecule has 1 aliphatic carbocycles. The van der Waals surface area contributed by atoms with Crippen molar-refractivity contribution in [2.75, 3.05) is 26.0 Å². The van der Waals surface area contributed by atoms with E-state index in [1.165, 1.54) is 0 Å². The summed E-state index contributed by atoms with van der Waals surface area (Å²) in [6, 6.07) is 11.2. The molecule has 0 radical (unpaired) electrons. The number of aromatic nitrogens is 2. The Balaban J connectivity index is 1.59. The van der Waals surface area contributed by atoms with Crippen LogP contribution in [0, 0.1) is 5.41 Å². The SMILES string of the molecule is CN(C)C(=O)C1(CNC(=O)Nc2ccnc(Cc3ccccc3)n2)CCCC1. The molecule has 1 saturated carbocycles. The van der Waals surface area contributed by atoms with Crippen LogP contribution < -0.4 is 10.6 Å². The highest BCUT2D eigenvalue weighted by atomic mass is 16.2. The van der Waals surface area contributed by atoms with Crippen LogP contribution in [-0.4, -0.2) is 47.4 Å². The van der Waals surface area contributed by atoms with Crippen molar-refractivity contribution in [3.63, 3.8) is 0 Å². The lowest BCUT2D eigenvalue weighted by Crippen LogP contribution is -2.47. The van der Waals surface area contributed by atoms with Gasteiger partial charge >= 0.3 is 6.03 Å². The summed E-state index contributed by atoms with van der Waals surface area (Å²) in [6.45, 7) is 0.331. The summed E-state index contributed by atoms with van der Waals surface area (Å²) in [5.74, 6) is 1.16. The molecule has 7 heteroatoms. The van der Waals surface area contributed by atoms with Crippen LogP contribution in [0.1, 0.15) is 37.1 Å². The molecule has 1 aromatic heterocycles. The smallest absolute Gasteiger partial charge is 0.320 e. The minimum atomic E-state index is -0.495. The normalized spacial score (nSPS) is 15.1. The van der Waals surface area contributed by atoms with Crippen LogP contribution in [0.5, 0.6) is 0 Å². The van der Waals surface area contributed by atoms with Crippen molar-refractivity contribution in [1.29, 1.82) is 0 Å². The topological polar surface area (TPSA) is 87.2 Å². The lowest BCUT2D eigenvalue weighted by Gasteiger charge is -2.30. The third-order valence-electron chi connectivity index (χ3n) is 5.16. The summed E-state index contributed by atoms with van der Waals surface area (Å²) < 4.78 is 0. The fourth-order valence-electron chi connectivity index (χ4n) is 3.73. The maximum Gasteiger partial charge on any atom is 0.320 e. The Labute approximate surface area is 165 Å². The molecule has 2 aromatic rings. The average molecular weight is 381 g/mol. The first-order valence-electron chi connectivity index (χ1n) is 9.61. The Morgan fingerprint density at radius 3 is 2.50 bits per heavy atom. The molecule has 28 heavy (non-hydrogen) atoms. The van der Waals surface area contributed by atoms with E-state index < -0.39 is 5.41 Å². The fourth-order valence-corrected chi connectivity index (χ4v) is 3.73. The van der Waals surface area contributed by atoms with Crippen LogP contribution in [0.3, 0.4) is 0 Å². The van der Waals surface area contributed by atoms with Gasteiger partial charge < -0.3 is 10.2 Å². The molecular weight excluding hydrogens is 354 g/mol. The van der Waals surface area contributed by atoms with Crippen molar-refractivity contribution in [3.05, 3.63) is 54.0 Å². The number of hydrogen-bond donors (Lipinski definition) is 2. The predicted molar refractivity (Wildman–Crippen MR) is 108 cm³/mol. The van der Waals surface area contributed by atoms with E-state index in [1.807, 2.05) is 30.3 Å². The minimum absolute atomic E-state index is 0.0810. The molecule has 7 nitrogen and oxygen atoms in total. The van der Waals surface area contributed by atoms with E-state index in [0.29, 0.717) is 24.6 Å². The van der Waals surface area contributed by atoms with Gasteiger partial charge in [0.05, 0.1) is 5.41 Å². The van der Waals surface area contributed by atoms with Crippen LogP contribution in [-0.2, 0) is 11.2 Å². The highest BCUT2D eigenvalue weighted by Crippen LogP contribution is 2.38. The van der Waals surface area contributed by atoms with Crippen molar-refractivity contribution < 1.29 is 9.59 Å². The second-order valence-corrected chi connectivity index (χ2v) is 7.52. The molecule has 1 aromatic carbocycles. The number of nitrogens with zero attached hydrogens (tertiary/aromatic N) is 3. The number of anilines is 1. The van der Waals surface area contributed by atoms with E-state index in [0.717, 1.165) is 31.2 Å². The predicted octanol–water partition coefficient (Wildman–Crippen LogP) is 2.84. The Morgan fingerprint density at radius 2 is 1.82 bits per heavy atom. The molecule has 0 saturated heterocycles. The first kappa shape index (κ1) is 19.8. The highest BCUT2D eigenvalue weighted by Gasteiger charge is 2.42. The van der Waals surface area contributed by atoms with E-state index in [9.17, 15) is 9.59 Å². The molecule has 1 aliphatic rings. The van der Waals surface area contributed by atoms with E-state index in [2.05, 4.69) is 20.6 Å². The number of carbonyl (C=O) groups excluding carboxylic acids is 2. The molecule has 0 aliphatic heterocycles. The summed E-state index contributed by atoms with van der Waals surface area (Å²) >= 11 is 0. The Kier molecular flexibility index (Phi) is 6.23. The van der Waals surface area contributed by atoms with Crippen molar-refractivity contribution >= 4 is 17.8 Å². The molecule has 0 unspecified atom stereocenters. The molecule has 3 rings (SSSR count). The summed E-state index contributed by atoms with van der Waals surface area (Å²) in [5.41, 5.74) is 0.611. The van der Waals surface area contributed by atoms with Crippen LogP contribution in [0.4, 0.5) is 10.6 Å². The van der Waals surface area contributed by atoms with Crippen molar-refractivity contribution in [1.82, 2.24) is 20.2 Å². The van der Waals surface area contributed by atoms with Gasteiger partial charge in [0.1, 0.15) is 11.6 Å². The zero-order valence-electron chi connectivity index (χ0n) is 16.4. The molecule has 1 fully saturated rings. The largest absolute Gasteiger partial charge is 0.348 e. The molecule has 1 heterocycles. The molecule has 2 N–H and O–H groups in total. The number of rotatable bonds is 6. The quantitative estimate of drug-likeness (QED) is 0.805. The number of hydrogen-bond acceptors (Lipinski definition) is 4. The highest BCUT2D eigenvalue weighted by molar-refractivity contribution is 5.89. The maximum absolute atomic E-state index is 12.6. The minimum Gasteiger partial charge on any atom is -0.348 e. The van der Waals surface area contributed by atoms with E-state index in [-0.39, 0.29) is 11.9 Å². The van der Waals surface area contributed by atoms with Gasteiger partial charge in [0.15, 0.2) is 0 Å². The van der Waals surface area contributed by atoms with Crippen LogP contribution >= 0.6 is 0 Å². The van der Waals surface area contributed by atoms with Crippen molar-refractivity contribution in [2.24, 2.45) is 5.41 Å². The average Bonchev–Trinajstić information content (AvgIpc) is 3.17. The van der Waals surface area contributed by atoms with Crippen LogP contribution in [0.15, 0.2) is 42.6 Å². The van der Waals surface area contributed by atoms with Crippen LogP contribution in [0.25, 0.3) is 0 Å². The van der Waals surface area contributed by atoms with Gasteiger partial charge in [0.2, 0.25) is 5.91 Å². The number of amides is 3. The van der Waals surface area contributed by atoms with E-state index in [4.69, 9.17) is 0 Å². The fraction of sp³-hybridized carbons (Fsp3) is 0.429. The second-order valence-electron chi connectivity index (χ2n) is 7.52. The lowest BCUT2D eigenvalue weighted by molar-refractivity contribution is -0.138. The molecule has 0 spiro atoms. The number of urea groups is 1. The Bertz CT molecular complexity index is 817. The van der Waals surface area contributed by atoms with Gasteiger partial charge in [-0.15, -0.1) is 0 Å². The second kappa shape index (κ2) is 8.82.